The number of rotatable bonds is 5. The van der Waals surface area contributed by atoms with Crippen molar-refractivity contribution < 1.29 is 9.53 Å². The second-order valence-corrected chi connectivity index (χ2v) is 7.32. The van der Waals surface area contributed by atoms with Crippen LogP contribution in [0.25, 0.3) is 0 Å². The lowest BCUT2D eigenvalue weighted by Crippen LogP contribution is -2.42. The van der Waals surface area contributed by atoms with E-state index in [1.165, 1.54) is 12.0 Å². The number of ether oxygens (including phenoxy) is 1. The van der Waals surface area contributed by atoms with Gasteiger partial charge in [0, 0.05) is 38.6 Å². The second-order valence-electron chi connectivity index (χ2n) is 7.32. The number of amides is 1. The number of halogens is 1. The van der Waals surface area contributed by atoms with Gasteiger partial charge in [-0.15, -0.1) is 24.0 Å². The lowest BCUT2D eigenvalue weighted by molar-refractivity contribution is -0.130. The SMILES string of the molecule is CCNC(=NCC(=O)N1CCCCC1)N1CCC(c2ccc(OC)cc2)C1.I. The molecule has 0 aliphatic carbocycles. The molecule has 2 saturated heterocycles. The Balaban J connectivity index is 0.00000280. The van der Waals surface area contributed by atoms with E-state index in [9.17, 15) is 4.79 Å². The zero-order valence-electron chi connectivity index (χ0n) is 17.0. The van der Waals surface area contributed by atoms with E-state index in [0.29, 0.717) is 5.92 Å². The van der Waals surface area contributed by atoms with E-state index in [1.807, 2.05) is 17.0 Å². The lowest BCUT2D eigenvalue weighted by Gasteiger charge is -2.26. The highest BCUT2D eigenvalue weighted by molar-refractivity contribution is 14.0. The maximum Gasteiger partial charge on any atom is 0.244 e. The fourth-order valence-corrected chi connectivity index (χ4v) is 3.91. The molecule has 0 radical (unpaired) electrons. The van der Waals surface area contributed by atoms with Crippen LogP contribution in [0.5, 0.6) is 5.75 Å². The number of nitrogens with one attached hydrogen (secondary N) is 1. The molecule has 3 rings (SSSR count). The van der Waals surface area contributed by atoms with Gasteiger partial charge in [0.15, 0.2) is 5.96 Å². The number of guanidine groups is 1. The summed E-state index contributed by atoms with van der Waals surface area (Å²) in [5.41, 5.74) is 1.33. The predicted molar refractivity (Wildman–Crippen MR) is 124 cm³/mol. The predicted octanol–water partition coefficient (Wildman–Crippen LogP) is 3.08. The molecular formula is C21H33IN4O2. The number of hydrogen-bond donors (Lipinski definition) is 1. The number of carbonyl (C=O) groups is 1. The molecule has 0 saturated carbocycles. The Morgan fingerprint density at radius 1 is 1.14 bits per heavy atom. The number of benzene rings is 1. The maximum absolute atomic E-state index is 12.4. The minimum atomic E-state index is 0. The van der Waals surface area contributed by atoms with Gasteiger partial charge in [0.1, 0.15) is 12.3 Å². The summed E-state index contributed by atoms with van der Waals surface area (Å²) in [6.07, 6.45) is 4.56. The quantitative estimate of drug-likeness (QED) is 0.384. The first-order valence-corrected chi connectivity index (χ1v) is 10.2. The molecule has 2 aliphatic heterocycles. The van der Waals surface area contributed by atoms with Gasteiger partial charge in [0.25, 0.3) is 0 Å². The Bertz CT molecular complexity index is 644. The molecule has 0 aromatic heterocycles. The molecule has 2 aliphatic rings. The van der Waals surface area contributed by atoms with E-state index in [2.05, 4.69) is 34.3 Å². The highest BCUT2D eigenvalue weighted by Crippen LogP contribution is 2.28. The monoisotopic (exact) mass is 500 g/mol. The van der Waals surface area contributed by atoms with Crippen molar-refractivity contribution in [3.8, 4) is 5.75 Å². The third kappa shape index (κ3) is 5.99. The van der Waals surface area contributed by atoms with Crippen LogP contribution >= 0.6 is 24.0 Å². The molecule has 1 aromatic rings. The van der Waals surface area contributed by atoms with E-state index in [1.54, 1.807) is 7.11 Å². The summed E-state index contributed by atoms with van der Waals surface area (Å²) < 4.78 is 5.25. The lowest BCUT2D eigenvalue weighted by atomic mass is 9.98. The number of methoxy groups -OCH3 is 1. The molecule has 28 heavy (non-hydrogen) atoms. The molecular weight excluding hydrogens is 467 g/mol. The number of aliphatic imine (C=N–C) groups is 1. The summed E-state index contributed by atoms with van der Waals surface area (Å²) in [6.45, 7) is 6.77. The number of likely N-dealkylation sites (tertiary alicyclic amines) is 2. The Morgan fingerprint density at radius 2 is 1.86 bits per heavy atom. The van der Waals surface area contributed by atoms with Crippen molar-refractivity contribution >= 4 is 35.8 Å². The molecule has 2 fully saturated rings. The standard InChI is InChI=1S/C21H32N4O2.HI/c1-3-22-21(23-15-20(26)24-12-5-4-6-13-24)25-14-11-18(16-25)17-7-9-19(27-2)10-8-17;/h7-10,18H,3-6,11-16H2,1-2H3,(H,22,23);1H. The van der Waals surface area contributed by atoms with Crippen LogP contribution in [-0.2, 0) is 4.79 Å². The number of carbonyl (C=O) groups excluding carboxylic acids is 1. The van der Waals surface area contributed by atoms with Gasteiger partial charge in [0.2, 0.25) is 5.91 Å². The zero-order valence-corrected chi connectivity index (χ0v) is 19.4. The summed E-state index contributed by atoms with van der Waals surface area (Å²) in [6, 6.07) is 8.34. The molecule has 1 amide bonds. The van der Waals surface area contributed by atoms with E-state index < -0.39 is 0 Å². The van der Waals surface area contributed by atoms with E-state index in [-0.39, 0.29) is 36.4 Å². The number of hydrogen-bond acceptors (Lipinski definition) is 3. The van der Waals surface area contributed by atoms with Gasteiger partial charge in [-0.1, -0.05) is 12.1 Å². The normalized spacial score (nSPS) is 19.9. The first kappa shape index (κ1) is 22.8. The van der Waals surface area contributed by atoms with Crippen molar-refractivity contribution in [3.05, 3.63) is 29.8 Å². The van der Waals surface area contributed by atoms with Gasteiger partial charge < -0.3 is 19.9 Å². The maximum atomic E-state index is 12.4. The van der Waals surface area contributed by atoms with Crippen LogP contribution in [0.2, 0.25) is 0 Å². The second kappa shape index (κ2) is 11.5. The average molecular weight is 500 g/mol. The summed E-state index contributed by atoms with van der Waals surface area (Å²) in [5.74, 6) is 2.38. The van der Waals surface area contributed by atoms with E-state index in [0.717, 1.165) is 63.7 Å². The van der Waals surface area contributed by atoms with E-state index >= 15 is 0 Å². The third-order valence-corrected chi connectivity index (χ3v) is 5.48. The largest absolute Gasteiger partial charge is 0.497 e. The smallest absolute Gasteiger partial charge is 0.244 e. The third-order valence-electron chi connectivity index (χ3n) is 5.48. The minimum absolute atomic E-state index is 0. The van der Waals surface area contributed by atoms with Crippen molar-refractivity contribution in [2.45, 2.75) is 38.5 Å². The van der Waals surface area contributed by atoms with Crippen LogP contribution in [0.1, 0.15) is 44.1 Å². The van der Waals surface area contributed by atoms with Crippen LogP contribution in [0.3, 0.4) is 0 Å². The van der Waals surface area contributed by atoms with Gasteiger partial charge in [0.05, 0.1) is 7.11 Å². The topological polar surface area (TPSA) is 57.2 Å². The highest BCUT2D eigenvalue weighted by Gasteiger charge is 2.26. The molecule has 1 N–H and O–H groups in total. The number of nitrogens with zero attached hydrogens (tertiary/aromatic N) is 3. The highest BCUT2D eigenvalue weighted by atomic mass is 127. The van der Waals surface area contributed by atoms with Crippen LogP contribution in [0.15, 0.2) is 29.3 Å². The molecule has 1 unspecified atom stereocenters. The van der Waals surface area contributed by atoms with Crippen molar-refractivity contribution in [2.75, 3.05) is 46.4 Å². The first-order valence-electron chi connectivity index (χ1n) is 10.2. The van der Waals surface area contributed by atoms with Gasteiger partial charge >= 0.3 is 0 Å². The van der Waals surface area contributed by atoms with Gasteiger partial charge in [-0.25, -0.2) is 4.99 Å². The van der Waals surface area contributed by atoms with Crippen molar-refractivity contribution in [1.82, 2.24) is 15.1 Å². The Hall–Kier alpha value is -1.51. The average Bonchev–Trinajstić information content (AvgIpc) is 3.21. The minimum Gasteiger partial charge on any atom is -0.497 e. The van der Waals surface area contributed by atoms with Crippen LogP contribution in [0, 0.1) is 0 Å². The van der Waals surface area contributed by atoms with Crippen molar-refractivity contribution in [3.63, 3.8) is 0 Å². The molecule has 0 bridgehead atoms. The number of piperidine rings is 1. The van der Waals surface area contributed by atoms with Gasteiger partial charge in [-0.05, 0) is 50.3 Å². The van der Waals surface area contributed by atoms with Crippen molar-refractivity contribution in [1.29, 1.82) is 0 Å². The van der Waals surface area contributed by atoms with Crippen LogP contribution < -0.4 is 10.1 Å². The molecule has 7 heteroatoms. The summed E-state index contributed by atoms with van der Waals surface area (Å²) >= 11 is 0. The fourth-order valence-electron chi connectivity index (χ4n) is 3.91. The Labute approximate surface area is 185 Å². The van der Waals surface area contributed by atoms with Crippen LogP contribution in [0.4, 0.5) is 0 Å². The van der Waals surface area contributed by atoms with Gasteiger partial charge in [-0.2, -0.15) is 0 Å². The molecule has 1 aromatic carbocycles. The summed E-state index contributed by atoms with van der Waals surface area (Å²) in [5, 5.41) is 3.36. The molecule has 156 valence electrons. The van der Waals surface area contributed by atoms with Gasteiger partial charge in [-0.3, -0.25) is 4.79 Å². The fraction of sp³-hybridized carbons (Fsp3) is 0.619. The van der Waals surface area contributed by atoms with Crippen molar-refractivity contribution in [2.24, 2.45) is 4.99 Å². The van der Waals surface area contributed by atoms with Crippen LogP contribution in [-0.4, -0.2) is 68.0 Å². The summed E-state index contributed by atoms with van der Waals surface area (Å²) in [4.78, 5) is 21.3. The van der Waals surface area contributed by atoms with E-state index in [4.69, 9.17) is 4.74 Å². The molecule has 2 heterocycles. The molecule has 1 atom stereocenters. The zero-order chi connectivity index (χ0) is 19.1. The first-order chi connectivity index (χ1) is 13.2. The Kier molecular flexibility index (Phi) is 9.34. The summed E-state index contributed by atoms with van der Waals surface area (Å²) in [7, 11) is 1.69. The molecule has 6 nitrogen and oxygen atoms in total. The Morgan fingerprint density at radius 3 is 2.50 bits per heavy atom. The molecule has 0 spiro atoms.